The molecule has 2 heteroatoms. The van der Waals surface area contributed by atoms with Crippen LogP contribution in [0.3, 0.4) is 0 Å². The van der Waals surface area contributed by atoms with Crippen molar-refractivity contribution in [2.24, 2.45) is 5.92 Å². The lowest BCUT2D eigenvalue weighted by Gasteiger charge is -2.18. The van der Waals surface area contributed by atoms with Crippen LogP contribution in [-0.2, 0) is 6.42 Å². The molecule has 0 aliphatic carbocycles. The van der Waals surface area contributed by atoms with Crippen molar-refractivity contribution in [2.45, 2.75) is 46.1 Å². The first kappa shape index (κ1) is 14.2. The minimum atomic E-state index is -0.130. The van der Waals surface area contributed by atoms with Gasteiger partial charge in [0.25, 0.3) is 0 Å². The van der Waals surface area contributed by atoms with Gasteiger partial charge in [0.05, 0.1) is 0 Å². The predicted octanol–water partition coefficient (Wildman–Crippen LogP) is 3.78. The molecule has 0 bridgehead atoms. The van der Waals surface area contributed by atoms with Crippen molar-refractivity contribution in [3.8, 4) is 0 Å². The van der Waals surface area contributed by atoms with Crippen LogP contribution in [0.15, 0.2) is 24.3 Å². The lowest BCUT2D eigenvalue weighted by Crippen LogP contribution is -2.29. The minimum absolute atomic E-state index is 0.130. The molecule has 1 unspecified atom stereocenters. The fourth-order valence-electron chi connectivity index (χ4n) is 2.08. The van der Waals surface area contributed by atoms with Gasteiger partial charge in [0, 0.05) is 6.04 Å². The highest BCUT2D eigenvalue weighted by atomic mass is 19.1. The van der Waals surface area contributed by atoms with Crippen LogP contribution in [0, 0.1) is 11.7 Å². The van der Waals surface area contributed by atoms with Gasteiger partial charge in [-0.25, -0.2) is 4.39 Å². The molecule has 17 heavy (non-hydrogen) atoms. The summed E-state index contributed by atoms with van der Waals surface area (Å²) in [5, 5.41) is 3.47. The van der Waals surface area contributed by atoms with E-state index in [1.54, 1.807) is 12.1 Å². The molecule has 0 radical (unpaired) electrons. The maximum Gasteiger partial charge on any atom is 0.123 e. The molecule has 96 valence electrons. The first-order valence-corrected chi connectivity index (χ1v) is 6.59. The van der Waals surface area contributed by atoms with Gasteiger partial charge in [0.15, 0.2) is 0 Å². The molecule has 1 atom stereocenters. The fourth-order valence-corrected chi connectivity index (χ4v) is 2.08. The number of hydrogen-bond acceptors (Lipinski definition) is 1. The highest BCUT2D eigenvalue weighted by molar-refractivity contribution is 5.16. The van der Waals surface area contributed by atoms with E-state index in [0.717, 1.165) is 18.5 Å². The third-order valence-corrected chi connectivity index (χ3v) is 2.93. The van der Waals surface area contributed by atoms with Gasteiger partial charge in [0.2, 0.25) is 0 Å². The largest absolute Gasteiger partial charge is 0.314 e. The standard InChI is InChI=1S/C15H24FN/c1-4-6-14(11-17-12(2)3)9-13-7-5-8-15(16)10-13/h5,7-8,10,12,14,17H,4,6,9,11H2,1-3H3. The summed E-state index contributed by atoms with van der Waals surface area (Å²) >= 11 is 0. The Hall–Kier alpha value is -0.890. The molecule has 1 aromatic carbocycles. The zero-order chi connectivity index (χ0) is 12.7. The molecule has 0 aromatic heterocycles. The predicted molar refractivity (Wildman–Crippen MR) is 71.6 cm³/mol. The van der Waals surface area contributed by atoms with Gasteiger partial charge >= 0.3 is 0 Å². The molecule has 0 aliphatic heterocycles. The summed E-state index contributed by atoms with van der Waals surface area (Å²) in [6.45, 7) is 7.53. The Labute approximate surface area is 104 Å². The van der Waals surface area contributed by atoms with Crippen molar-refractivity contribution < 1.29 is 4.39 Å². The molecule has 1 N–H and O–H groups in total. The van der Waals surface area contributed by atoms with Crippen LogP contribution in [0.2, 0.25) is 0 Å². The van der Waals surface area contributed by atoms with Gasteiger partial charge in [-0.05, 0) is 43.0 Å². The molecule has 0 aliphatic rings. The zero-order valence-corrected chi connectivity index (χ0v) is 11.2. The Morgan fingerprint density at radius 3 is 2.65 bits per heavy atom. The molecular weight excluding hydrogens is 213 g/mol. The molecule has 1 rings (SSSR count). The summed E-state index contributed by atoms with van der Waals surface area (Å²) in [6.07, 6.45) is 3.33. The molecule has 0 saturated heterocycles. The maximum absolute atomic E-state index is 13.1. The van der Waals surface area contributed by atoms with Crippen LogP contribution in [0.5, 0.6) is 0 Å². The normalized spacial score (nSPS) is 13.0. The lowest BCUT2D eigenvalue weighted by atomic mass is 9.94. The summed E-state index contributed by atoms with van der Waals surface area (Å²) in [5.74, 6) is 0.471. The van der Waals surface area contributed by atoms with Gasteiger partial charge in [-0.3, -0.25) is 0 Å². The number of halogens is 1. The molecular formula is C15H24FN. The Bertz CT molecular complexity index is 322. The molecule has 0 amide bonds. The van der Waals surface area contributed by atoms with E-state index in [1.807, 2.05) is 6.07 Å². The van der Waals surface area contributed by atoms with E-state index in [4.69, 9.17) is 0 Å². The summed E-state index contributed by atoms with van der Waals surface area (Å²) < 4.78 is 13.1. The fraction of sp³-hybridized carbons (Fsp3) is 0.600. The zero-order valence-electron chi connectivity index (χ0n) is 11.2. The SMILES string of the molecule is CCCC(CNC(C)C)Cc1cccc(F)c1. The van der Waals surface area contributed by atoms with Crippen molar-refractivity contribution in [3.05, 3.63) is 35.6 Å². The Kier molecular flexibility index (Phi) is 6.20. The first-order valence-electron chi connectivity index (χ1n) is 6.59. The second-order valence-corrected chi connectivity index (χ2v) is 5.05. The maximum atomic E-state index is 13.1. The summed E-state index contributed by atoms with van der Waals surface area (Å²) in [4.78, 5) is 0. The summed E-state index contributed by atoms with van der Waals surface area (Å²) in [6, 6.07) is 7.48. The third kappa shape index (κ3) is 5.83. The van der Waals surface area contributed by atoms with Gasteiger partial charge in [-0.1, -0.05) is 39.3 Å². The Morgan fingerprint density at radius 1 is 1.29 bits per heavy atom. The molecule has 0 saturated carbocycles. The van der Waals surface area contributed by atoms with Crippen molar-refractivity contribution >= 4 is 0 Å². The molecule has 0 heterocycles. The molecule has 0 spiro atoms. The molecule has 1 aromatic rings. The van der Waals surface area contributed by atoms with Crippen LogP contribution < -0.4 is 5.32 Å². The van der Waals surface area contributed by atoms with E-state index in [-0.39, 0.29) is 5.82 Å². The summed E-state index contributed by atoms with van der Waals surface area (Å²) in [5.41, 5.74) is 1.11. The van der Waals surface area contributed by atoms with Crippen LogP contribution in [0.4, 0.5) is 4.39 Å². The summed E-state index contributed by atoms with van der Waals surface area (Å²) in [7, 11) is 0. The van der Waals surface area contributed by atoms with Gasteiger partial charge in [0.1, 0.15) is 5.82 Å². The number of benzene rings is 1. The monoisotopic (exact) mass is 237 g/mol. The Morgan fingerprint density at radius 2 is 2.06 bits per heavy atom. The quantitative estimate of drug-likeness (QED) is 0.761. The highest BCUT2D eigenvalue weighted by Gasteiger charge is 2.09. The van der Waals surface area contributed by atoms with Crippen molar-refractivity contribution in [3.63, 3.8) is 0 Å². The minimum Gasteiger partial charge on any atom is -0.314 e. The van der Waals surface area contributed by atoms with Gasteiger partial charge < -0.3 is 5.32 Å². The molecule has 1 nitrogen and oxygen atoms in total. The van der Waals surface area contributed by atoms with Crippen molar-refractivity contribution in [2.75, 3.05) is 6.54 Å². The lowest BCUT2D eigenvalue weighted by molar-refractivity contribution is 0.418. The van der Waals surface area contributed by atoms with E-state index < -0.39 is 0 Å². The highest BCUT2D eigenvalue weighted by Crippen LogP contribution is 2.14. The number of hydrogen-bond donors (Lipinski definition) is 1. The average Bonchev–Trinajstić information content (AvgIpc) is 2.26. The average molecular weight is 237 g/mol. The van der Waals surface area contributed by atoms with E-state index >= 15 is 0 Å². The van der Waals surface area contributed by atoms with Gasteiger partial charge in [-0.2, -0.15) is 0 Å². The smallest absolute Gasteiger partial charge is 0.123 e. The van der Waals surface area contributed by atoms with Crippen molar-refractivity contribution in [1.82, 2.24) is 5.32 Å². The first-order chi connectivity index (χ1) is 8.11. The van der Waals surface area contributed by atoms with E-state index in [1.165, 1.54) is 18.9 Å². The van der Waals surface area contributed by atoms with Crippen LogP contribution in [0.1, 0.15) is 39.2 Å². The van der Waals surface area contributed by atoms with Crippen LogP contribution in [-0.4, -0.2) is 12.6 Å². The number of rotatable bonds is 7. The second kappa shape index (κ2) is 7.44. The Balaban J connectivity index is 2.53. The van der Waals surface area contributed by atoms with Gasteiger partial charge in [-0.15, -0.1) is 0 Å². The third-order valence-electron chi connectivity index (χ3n) is 2.93. The molecule has 0 fully saturated rings. The van der Waals surface area contributed by atoms with E-state index in [9.17, 15) is 4.39 Å². The van der Waals surface area contributed by atoms with Crippen molar-refractivity contribution in [1.29, 1.82) is 0 Å². The van der Waals surface area contributed by atoms with E-state index in [2.05, 4.69) is 26.1 Å². The number of nitrogens with one attached hydrogen (secondary N) is 1. The topological polar surface area (TPSA) is 12.0 Å². The van der Waals surface area contributed by atoms with E-state index in [0.29, 0.717) is 12.0 Å². The van der Waals surface area contributed by atoms with Crippen LogP contribution in [0.25, 0.3) is 0 Å². The second-order valence-electron chi connectivity index (χ2n) is 5.05. The van der Waals surface area contributed by atoms with Crippen LogP contribution >= 0.6 is 0 Å².